The van der Waals surface area contributed by atoms with Crippen LogP contribution in [-0.4, -0.2) is 55.1 Å². The van der Waals surface area contributed by atoms with Crippen LogP contribution < -0.4 is 16.0 Å². The molecule has 0 saturated carbocycles. The van der Waals surface area contributed by atoms with E-state index < -0.39 is 0 Å². The molecule has 0 aromatic carbocycles. The minimum Gasteiger partial charge on any atom is -0.384 e. The molecule has 110 valence electrons. The second-order valence-electron chi connectivity index (χ2n) is 5.05. The van der Waals surface area contributed by atoms with Gasteiger partial charge >= 0.3 is 0 Å². The molecule has 0 radical (unpaired) electrons. The molecule has 1 aliphatic rings. The van der Waals surface area contributed by atoms with Crippen LogP contribution in [-0.2, 0) is 4.79 Å². The van der Waals surface area contributed by atoms with E-state index in [4.69, 9.17) is 5.73 Å². The quantitative estimate of drug-likeness (QED) is 0.810. The molecular formula is C14H23N5O. The Labute approximate surface area is 120 Å². The highest BCUT2D eigenvalue weighted by atomic mass is 16.2. The van der Waals surface area contributed by atoms with E-state index in [-0.39, 0.29) is 5.91 Å². The van der Waals surface area contributed by atoms with Gasteiger partial charge in [0.15, 0.2) is 0 Å². The number of piperazine rings is 1. The van der Waals surface area contributed by atoms with Crippen molar-refractivity contribution in [3.8, 4) is 0 Å². The van der Waals surface area contributed by atoms with Gasteiger partial charge in [-0.2, -0.15) is 0 Å². The summed E-state index contributed by atoms with van der Waals surface area (Å²) in [6.45, 7) is 6.91. The Hall–Kier alpha value is -1.82. The molecule has 0 unspecified atom stereocenters. The summed E-state index contributed by atoms with van der Waals surface area (Å²) in [6, 6.07) is 3.81. The predicted molar refractivity (Wildman–Crippen MR) is 80.6 cm³/mol. The van der Waals surface area contributed by atoms with Gasteiger partial charge in [-0.05, 0) is 18.6 Å². The summed E-state index contributed by atoms with van der Waals surface area (Å²) in [5.74, 6) is 0.662. The summed E-state index contributed by atoms with van der Waals surface area (Å²) in [6.07, 6.45) is 2.78. The molecule has 1 aromatic rings. The maximum Gasteiger partial charge on any atom is 0.234 e. The van der Waals surface area contributed by atoms with Crippen LogP contribution in [0.3, 0.4) is 0 Å². The van der Waals surface area contributed by atoms with Crippen LogP contribution in [0.25, 0.3) is 0 Å². The number of nitrogens with two attached hydrogens (primary N) is 1. The lowest BCUT2D eigenvalue weighted by Crippen LogP contribution is -2.49. The van der Waals surface area contributed by atoms with Crippen LogP contribution in [0.15, 0.2) is 18.3 Å². The van der Waals surface area contributed by atoms with Gasteiger partial charge in [-0.3, -0.25) is 9.69 Å². The number of hydrogen-bond donors (Lipinski definition) is 2. The van der Waals surface area contributed by atoms with Crippen molar-refractivity contribution >= 4 is 17.4 Å². The Morgan fingerprint density at radius 2 is 2.10 bits per heavy atom. The highest BCUT2D eigenvalue weighted by Crippen LogP contribution is 2.15. The fourth-order valence-electron chi connectivity index (χ4n) is 2.27. The van der Waals surface area contributed by atoms with Gasteiger partial charge in [0.1, 0.15) is 5.82 Å². The molecule has 6 heteroatoms. The molecule has 0 atom stereocenters. The zero-order valence-electron chi connectivity index (χ0n) is 12.0. The van der Waals surface area contributed by atoms with Crippen molar-refractivity contribution in [2.45, 2.75) is 13.3 Å². The molecule has 2 heterocycles. The molecule has 0 aliphatic carbocycles. The number of pyridine rings is 1. The number of hydrogen-bond acceptors (Lipinski definition) is 5. The molecule has 0 spiro atoms. The minimum absolute atomic E-state index is 0.120. The van der Waals surface area contributed by atoms with Gasteiger partial charge in [0, 0.05) is 32.7 Å². The highest BCUT2D eigenvalue weighted by Gasteiger charge is 2.19. The highest BCUT2D eigenvalue weighted by molar-refractivity contribution is 5.78. The van der Waals surface area contributed by atoms with Crippen LogP contribution >= 0.6 is 0 Å². The third-order valence-corrected chi connectivity index (χ3v) is 3.45. The third kappa shape index (κ3) is 4.09. The minimum atomic E-state index is 0.120. The van der Waals surface area contributed by atoms with E-state index in [1.54, 1.807) is 6.20 Å². The average Bonchev–Trinajstić information content (AvgIpc) is 2.47. The number of rotatable bonds is 5. The number of anilines is 2. The predicted octanol–water partition coefficient (Wildman–Crippen LogP) is 0.312. The summed E-state index contributed by atoms with van der Waals surface area (Å²) < 4.78 is 0. The van der Waals surface area contributed by atoms with Crippen molar-refractivity contribution in [1.82, 2.24) is 15.2 Å². The standard InChI is InChI=1S/C14H23N5O/c1-2-5-16-14(20)11-18-6-8-19(9-7-18)12-3-4-13(15)17-10-12/h3-4,10H,2,5-9,11H2,1H3,(H2,15,17)(H,16,20). The van der Waals surface area contributed by atoms with Gasteiger partial charge in [-0.15, -0.1) is 0 Å². The van der Waals surface area contributed by atoms with Crippen molar-refractivity contribution < 1.29 is 4.79 Å². The van der Waals surface area contributed by atoms with Crippen LogP contribution in [0.5, 0.6) is 0 Å². The van der Waals surface area contributed by atoms with Gasteiger partial charge in [-0.1, -0.05) is 6.92 Å². The van der Waals surface area contributed by atoms with E-state index in [0.29, 0.717) is 12.4 Å². The van der Waals surface area contributed by atoms with Crippen LogP contribution in [0.2, 0.25) is 0 Å². The first-order valence-corrected chi connectivity index (χ1v) is 7.14. The lowest BCUT2D eigenvalue weighted by Gasteiger charge is -2.35. The monoisotopic (exact) mass is 277 g/mol. The molecular weight excluding hydrogens is 254 g/mol. The van der Waals surface area contributed by atoms with Crippen molar-refractivity contribution in [3.05, 3.63) is 18.3 Å². The number of nitrogens with one attached hydrogen (secondary N) is 1. The van der Waals surface area contributed by atoms with Crippen LogP contribution in [0, 0.1) is 0 Å². The van der Waals surface area contributed by atoms with E-state index in [1.807, 2.05) is 12.1 Å². The summed E-state index contributed by atoms with van der Waals surface area (Å²) in [5.41, 5.74) is 6.68. The summed E-state index contributed by atoms with van der Waals surface area (Å²) in [4.78, 5) is 20.2. The molecule has 1 aromatic heterocycles. The molecule has 6 nitrogen and oxygen atoms in total. The number of nitrogen functional groups attached to an aromatic ring is 1. The Balaban J connectivity index is 1.77. The molecule has 1 saturated heterocycles. The Bertz CT molecular complexity index is 426. The van der Waals surface area contributed by atoms with Crippen LogP contribution in [0.4, 0.5) is 11.5 Å². The smallest absolute Gasteiger partial charge is 0.234 e. The van der Waals surface area contributed by atoms with Crippen molar-refractivity contribution in [2.24, 2.45) is 0 Å². The number of nitrogens with zero attached hydrogens (tertiary/aromatic N) is 3. The molecule has 2 rings (SSSR count). The van der Waals surface area contributed by atoms with Gasteiger partial charge in [-0.25, -0.2) is 4.98 Å². The first-order valence-electron chi connectivity index (χ1n) is 7.14. The molecule has 1 aliphatic heterocycles. The summed E-state index contributed by atoms with van der Waals surface area (Å²) in [7, 11) is 0. The van der Waals surface area contributed by atoms with Gasteiger partial charge in [0.05, 0.1) is 18.4 Å². The van der Waals surface area contributed by atoms with Crippen LogP contribution in [0.1, 0.15) is 13.3 Å². The SMILES string of the molecule is CCCNC(=O)CN1CCN(c2ccc(N)nc2)CC1. The normalized spacial score (nSPS) is 16.1. The van der Waals surface area contributed by atoms with E-state index in [9.17, 15) is 4.79 Å². The fraction of sp³-hybridized carbons (Fsp3) is 0.571. The zero-order chi connectivity index (χ0) is 14.4. The molecule has 20 heavy (non-hydrogen) atoms. The zero-order valence-corrected chi connectivity index (χ0v) is 12.0. The van der Waals surface area contributed by atoms with Gasteiger partial charge < -0.3 is 16.0 Å². The number of aromatic nitrogens is 1. The molecule has 1 fully saturated rings. The summed E-state index contributed by atoms with van der Waals surface area (Å²) >= 11 is 0. The van der Waals surface area contributed by atoms with Gasteiger partial charge in [0.2, 0.25) is 5.91 Å². The van der Waals surface area contributed by atoms with E-state index >= 15 is 0 Å². The Kier molecular flexibility index (Phi) is 5.17. The van der Waals surface area contributed by atoms with E-state index in [0.717, 1.165) is 44.8 Å². The second-order valence-corrected chi connectivity index (χ2v) is 5.05. The molecule has 0 bridgehead atoms. The fourth-order valence-corrected chi connectivity index (χ4v) is 2.27. The topological polar surface area (TPSA) is 74.5 Å². The van der Waals surface area contributed by atoms with E-state index in [2.05, 4.69) is 27.0 Å². The number of carbonyl (C=O) groups excluding carboxylic acids is 1. The van der Waals surface area contributed by atoms with Gasteiger partial charge in [0.25, 0.3) is 0 Å². The van der Waals surface area contributed by atoms with Crippen molar-refractivity contribution in [3.63, 3.8) is 0 Å². The summed E-state index contributed by atoms with van der Waals surface area (Å²) in [5, 5.41) is 2.91. The van der Waals surface area contributed by atoms with Crippen molar-refractivity contribution in [1.29, 1.82) is 0 Å². The lowest BCUT2D eigenvalue weighted by molar-refractivity contribution is -0.122. The average molecular weight is 277 g/mol. The van der Waals surface area contributed by atoms with Crippen molar-refractivity contribution in [2.75, 3.05) is 49.9 Å². The Morgan fingerprint density at radius 3 is 2.70 bits per heavy atom. The third-order valence-electron chi connectivity index (χ3n) is 3.45. The van der Waals surface area contributed by atoms with E-state index in [1.165, 1.54) is 0 Å². The molecule has 1 amide bonds. The largest absolute Gasteiger partial charge is 0.384 e. The maximum absolute atomic E-state index is 11.7. The second kappa shape index (κ2) is 7.09. The lowest BCUT2D eigenvalue weighted by atomic mass is 10.2. The molecule has 3 N–H and O–H groups in total. The Morgan fingerprint density at radius 1 is 1.35 bits per heavy atom. The first-order chi connectivity index (χ1) is 9.69. The number of carbonyl (C=O) groups is 1. The maximum atomic E-state index is 11.7. The number of amides is 1. The first kappa shape index (κ1) is 14.6.